The van der Waals surface area contributed by atoms with Gasteiger partial charge in [-0.05, 0) is 38.5 Å². The minimum absolute atomic E-state index is 0.166. The molecule has 0 radical (unpaired) electrons. The van der Waals surface area contributed by atoms with Crippen molar-refractivity contribution in [3.05, 3.63) is 23.5 Å². The molecular formula is C12H18FN3O3S. The molecule has 0 bridgehead atoms. The summed E-state index contributed by atoms with van der Waals surface area (Å²) >= 11 is 0. The summed E-state index contributed by atoms with van der Waals surface area (Å²) in [5, 5.41) is 0. The van der Waals surface area contributed by atoms with E-state index in [-0.39, 0.29) is 12.1 Å². The second-order valence-corrected chi connectivity index (χ2v) is 6.92. The van der Waals surface area contributed by atoms with Gasteiger partial charge >= 0.3 is 0 Å². The lowest BCUT2D eigenvalue weighted by molar-refractivity contribution is -0.119. The van der Waals surface area contributed by atoms with Crippen molar-refractivity contribution in [1.29, 1.82) is 0 Å². The lowest BCUT2D eigenvalue weighted by Crippen LogP contribution is -2.46. The van der Waals surface area contributed by atoms with Crippen LogP contribution < -0.4 is 16.2 Å². The van der Waals surface area contributed by atoms with E-state index in [1.165, 1.54) is 13.8 Å². The Kier molecular flexibility index (Phi) is 4.40. The molecule has 1 amide bonds. The molecule has 0 aromatic heterocycles. The van der Waals surface area contributed by atoms with Crippen LogP contribution in [0.5, 0.6) is 0 Å². The van der Waals surface area contributed by atoms with Crippen LogP contribution in [0.1, 0.15) is 25.8 Å². The highest BCUT2D eigenvalue weighted by Crippen LogP contribution is 2.23. The number of primary amides is 1. The standard InChI is InChI=1S/C12H18FN3O3S/c1-7-4-8(13)10(5-9(7)14)20(18,19)16-12(2,3)6-11(15)17/h4-5,16H,6,14H2,1-3H3,(H2,15,17). The molecule has 1 aromatic carbocycles. The van der Waals surface area contributed by atoms with Crippen molar-refractivity contribution in [2.75, 3.05) is 5.73 Å². The Morgan fingerprint density at radius 1 is 1.40 bits per heavy atom. The second kappa shape index (κ2) is 5.37. The first-order valence-electron chi connectivity index (χ1n) is 5.82. The van der Waals surface area contributed by atoms with E-state index in [4.69, 9.17) is 11.5 Å². The van der Waals surface area contributed by atoms with Crippen LogP contribution in [0.25, 0.3) is 0 Å². The maximum Gasteiger partial charge on any atom is 0.244 e. The van der Waals surface area contributed by atoms with Crippen LogP contribution in [0.15, 0.2) is 17.0 Å². The summed E-state index contributed by atoms with van der Waals surface area (Å²) in [6, 6.07) is 2.10. The number of anilines is 1. The minimum atomic E-state index is -4.15. The Morgan fingerprint density at radius 3 is 2.45 bits per heavy atom. The minimum Gasteiger partial charge on any atom is -0.398 e. The van der Waals surface area contributed by atoms with Gasteiger partial charge in [0.25, 0.3) is 0 Å². The third kappa shape index (κ3) is 3.91. The van der Waals surface area contributed by atoms with E-state index in [0.29, 0.717) is 5.56 Å². The number of rotatable bonds is 5. The smallest absolute Gasteiger partial charge is 0.244 e. The van der Waals surface area contributed by atoms with Gasteiger partial charge in [-0.3, -0.25) is 4.79 Å². The maximum absolute atomic E-state index is 13.8. The van der Waals surface area contributed by atoms with E-state index < -0.39 is 32.2 Å². The zero-order valence-electron chi connectivity index (χ0n) is 11.5. The molecule has 0 unspecified atom stereocenters. The van der Waals surface area contributed by atoms with Crippen LogP contribution in [-0.4, -0.2) is 19.9 Å². The summed E-state index contributed by atoms with van der Waals surface area (Å²) in [5.41, 5.74) is 10.1. The number of nitrogen functional groups attached to an aromatic ring is 1. The number of halogens is 1. The molecule has 0 fully saturated rings. The molecule has 8 heteroatoms. The molecular weight excluding hydrogens is 285 g/mol. The van der Waals surface area contributed by atoms with Gasteiger partial charge in [0.1, 0.15) is 10.7 Å². The number of nitrogens with two attached hydrogens (primary N) is 2. The number of carbonyl (C=O) groups is 1. The average Bonchev–Trinajstić information content (AvgIpc) is 2.19. The van der Waals surface area contributed by atoms with Gasteiger partial charge < -0.3 is 11.5 Å². The molecule has 0 aliphatic carbocycles. The van der Waals surface area contributed by atoms with E-state index in [9.17, 15) is 17.6 Å². The van der Waals surface area contributed by atoms with Crippen molar-refractivity contribution in [3.63, 3.8) is 0 Å². The highest BCUT2D eigenvalue weighted by molar-refractivity contribution is 7.89. The Morgan fingerprint density at radius 2 is 1.95 bits per heavy atom. The van der Waals surface area contributed by atoms with Gasteiger partial charge in [-0.25, -0.2) is 17.5 Å². The molecule has 112 valence electrons. The fourth-order valence-corrected chi connectivity index (χ4v) is 3.27. The van der Waals surface area contributed by atoms with Gasteiger partial charge in [0.05, 0.1) is 0 Å². The summed E-state index contributed by atoms with van der Waals surface area (Å²) in [6.45, 7) is 4.52. The molecule has 1 rings (SSSR count). The summed E-state index contributed by atoms with van der Waals surface area (Å²) in [7, 11) is -4.15. The Balaban J connectivity index is 3.18. The number of nitrogens with one attached hydrogen (secondary N) is 1. The summed E-state index contributed by atoms with van der Waals surface area (Å²) in [5.74, 6) is -1.57. The van der Waals surface area contributed by atoms with Gasteiger partial charge in [0, 0.05) is 17.6 Å². The molecule has 0 saturated heterocycles. The quantitative estimate of drug-likeness (QED) is 0.692. The topological polar surface area (TPSA) is 115 Å². The van der Waals surface area contributed by atoms with E-state index in [0.717, 1.165) is 12.1 Å². The Hall–Kier alpha value is -1.67. The largest absolute Gasteiger partial charge is 0.398 e. The summed E-state index contributed by atoms with van der Waals surface area (Å²) in [6.07, 6.45) is -0.213. The predicted octanol–water partition coefficient (Wildman–Crippen LogP) is 0.649. The molecule has 0 atom stereocenters. The first-order chi connectivity index (χ1) is 8.94. The lowest BCUT2D eigenvalue weighted by atomic mass is 10.0. The summed E-state index contributed by atoms with van der Waals surface area (Å²) < 4.78 is 40.4. The van der Waals surface area contributed by atoms with Crippen molar-refractivity contribution in [1.82, 2.24) is 4.72 Å². The van der Waals surface area contributed by atoms with Gasteiger partial charge in [-0.1, -0.05) is 0 Å². The first kappa shape index (κ1) is 16.4. The van der Waals surface area contributed by atoms with Gasteiger partial charge in [-0.15, -0.1) is 0 Å². The number of sulfonamides is 1. The first-order valence-corrected chi connectivity index (χ1v) is 7.31. The number of hydrogen-bond donors (Lipinski definition) is 3. The van der Waals surface area contributed by atoms with Crippen molar-refractivity contribution in [2.45, 2.75) is 37.6 Å². The van der Waals surface area contributed by atoms with E-state index >= 15 is 0 Å². The van der Waals surface area contributed by atoms with Crippen LogP contribution in [-0.2, 0) is 14.8 Å². The molecule has 5 N–H and O–H groups in total. The normalized spacial score (nSPS) is 12.4. The Labute approximate surface area is 117 Å². The van der Waals surface area contributed by atoms with E-state index in [1.54, 1.807) is 6.92 Å². The number of benzene rings is 1. The van der Waals surface area contributed by atoms with Gasteiger partial charge in [0.15, 0.2) is 0 Å². The number of aryl methyl sites for hydroxylation is 1. The van der Waals surface area contributed by atoms with Gasteiger partial charge in [-0.2, -0.15) is 0 Å². The van der Waals surface area contributed by atoms with E-state index in [2.05, 4.69) is 4.72 Å². The lowest BCUT2D eigenvalue weighted by Gasteiger charge is -2.24. The monoisotopic (exact) mass is 303 g/mol. The van der Waals surface area contributed by atoms with Crippen LogP contribution in [0, 0.1) is 12.7 Å². The maximum atomic E-state index is 13.8. The summed E-state index contributed by atoms with van der Waals surface area (Å²) in [4.78, 5) is 10.3. The highest BCUT2D eigenvalue weighted by atomic mass is 32.2. The molecule has 1 aromatic rings. The SMILES string of the molecule is Cc1cc(F)c(S(=O)(=O)NC(C)(C)CC(N)=O)cc1N. The number of hydrogen-bond acceptors (Lipinski definition) is 4. The molecule has 6 nitrogen and oxygen atoms in total. The van der Waals surface area contributed by atoms with Crippen LogP contribution in [0.4, 0.5) is 10.1 Å². The number of carbonyl (C=O) groups excluding carboxylic acids is 1. The van der Waals surface area contributed by atoms with Crippen LogP contribution >= 0.6 is 0 Å². The van der Waals surface area contributed by atoms with Crippen LogP contribution in [0.3, 0.4) is 0 Å². The fourth-order valence-electron chi connectivity index (χ4n) is 1.76. The zero-order valence-corrected chi connectivity index (χ0v) is 12.3. The van der Waals surface area contributed by atoms with Crippen LogP contribution in [0.2, 0.25) is 0 Å². The molecule has 0 aliphatic rings. The zero-order chi connectivity index (χ0) is 15.7. The number of amides is 1. The fraction of sp³-hybridized carbons (Fsp3) is 0.417. The van der Waals surface area contributed by atoms with Crippen molar-refractivity contribution in [2.24, 2.45) is 5.73 Å². The predicted molar refractivity (Wildman–Crippen MR) is 73.8 cm³/mol. The van der Waals surface area contributed by atoms with Crippen molar-refractivity contribution < 1.29 is 17.6 Å². The van der Waals surface area contributed by atoms with E-state index in [1.807, 2.05) is 0 Å². The average molecular weight is 303 g/mol. The Bertz CT molecular complexity index is 642. The molecule has 0 heterocycles. The second-order valence-electron chi connectivity index (χ2n) is 5.27. The molecule has 0 spiro atoms. The highest BCUT2D eigenvalue weighted by Gasteiger charge is 2.30. The third-order valence-electron chi connectivity index (χ3n) is 2.64. The third-order valence-corrected chi connectivity index (χ3v) is 4.35. The van der Waals surface area contributed by atoms with Crippen molar-refractivity contribution >= 4 is 21.6 Å². The molecule has 0 saturated carbocycles. The van der Waals surface area contributed by atoms with Crippen molar-refractivity contribution in [3.8, 4) is 0 Å². The molecule has 20 heavy (non-hydrogen) atoms. The van der Waals surface area contributed by atoms with Gasteiger partial charge in [0.2, 0.25) is 15.9 Å². The molecule has 0 aliphatic heterocycles.